The largest absolute Gasteiger partial charge is 0.435 e. The first-order chi connectivity index (χ1) is 9.97. The van der Waals surface area contributed by atoms with Crippen LogP contribution in [0.15, 0.2) is 41.5 Å². The summed E-state index contributed by atoms with van der Waals surface area (Å²) >= 11 is 0. The SMILES string of the molecule is CC(C)Cn1ccnc(Oc2ccc(C(N)=O)cc2)c1=O. The molecule has 0 aliphatic rings. The van der Waals surface area contributed by atoms with E-state index in [1.54, 1.807) is 22.9 Å². The van der Waals surface area contributed by atoms with Crippen LogP contribution in [-0.2, 0) is 6.54 Å². The van der Waals surface area contributed by atoms with Crippen LogP contribution in [0.25, 0.3) is 0 Å². The average molecular weight is 287 g/mol. The molecular formula is C15H17N3O3. The van der Waals surface area contributed by atoms with Crippen LogP contribution in [0.2, 0.25) is 0 Å². The number of aromatic nitrogens is 2. The number of hydrogen-bond acceptors (Lipinski definition) is 4. The molecule has 6 heteroatoms. The van der Waals surface area contributed by atoms with Crippen LogP contribution in [0.4, 0.5) is 0 Å². The lowest BCUT2D eigenvalue weighted by molar-refractivity contribution is 0.100. The summed E-state index contributed by atoms with van der Waals surface area (Å²) in [5.41, 5.74) is 5.25. The predicted molar refractivity (Wildman–Crippen MR) is 78.4 cm³/mol. The number of carbonyl (C=O) groups is 1. The number of nitrogens with zero attached hydrogens (tertiary/aromatic N) is 2. The van der Waals surface area contributed by atoms with Gasteiger partial charge in [0.2, 0.25) is 5.91 Å². The van der Waals surface area contributed by atoms with Crippen LogP contribution in [0.5, 0.6) is 11.6 Å². The quantitative estimate of drug-likeness (QED) is 0.908. The highest BCUT2D eigenvalue weighted by Gasteiger charge is 2.09. The Morgan fingerprint density at radius 1 is 1.33 bits per heavy atom. The molecule has 0 aliphatic heterocycles. The highest BCUT2D eigenvalue weighted by Crippen LogP contribution is 2.17. The van der Waals surface area contributed by atoms with E-state index in [0.29, 0.717) is 23.8 Å². The third-order valence-corrected chi connectivity index (χ3v) is 2.80. The Morgan fingerprint density at radius 2 is 2.00 bits per heavy atom. The predicted octanol–water partition coefficient (Wildman–Crippen LogP) is 1.79. The third-order valence-electron chi connectivity index (χ3n) is 2.80. The molecule has 110 valence electrons. The van der Waals surface area contributed by atoms with Gasteiger partial charge in [-0.05, 0) is 30.2 Å². The molecule has 1 aromatic heterocycles. The van der Waals surface area contributed by atoms with Crippen molar-refractivity contribution in [1.29, 1.82) is 0 Å². The normalized spacial score (nSPS) is 10.6. The van der Waals surface area contributed by atoms with Crippen LogP contribution in [0.1, 0.15) is 24.2 Å². The zero-order valence-corrected chi connectivity index (χ0v) is 11.9. The number of ether oxygens (including phenoxy) is 1. The Morgan fingerprint density at radius 3 is 2.57 bits per heavy atom. The second kappa shape index (κ2) is 6.21. The molecule has 0 bridgehead atoms. The monoisotopic (exact) mass is 287 g/mol. The number of primary amides is 1. The van der Waals surface area contributed by atoms with Crippen LogP contribution in [0.3, 0.4) is 0 Å². The number of benzene rings is 1. The molecule has 0 saturated heterocycles. The molecule has 1 heterocycles. The standard InChI is InChI=1S/C15H17N3O3/c1-10(2)9-18-8-7-17-14(15(18)20)21-12-5-3-11(4-6-12)13(16)19/h3-8,10H,9H2,1-2H3,(H2,16,19). The smallest absolute Gasteiger partial charge is 0.313 e. The van der Waals surface area contributed by atoms with Crippen molar-refractivity contribution in [1.82, 2.24) is 9.55 Å². The number of rotatable bonds is 5. The van der Waals surface area contributed by atoms with Gasteiger partial charge in [0.1, 0.15) is 5.75 Å². The zero-order valence-electron chi connectivity index (χ0n) is 11.9. The van der Waals surface area contributed by atoms with E-state index < -0.39 is 5.91 Å². The van der Waals surface area contributed by atoms with Crippen molar-refractivity contribution in [3.05, 3.63) is 52.6 Å². The van der Waals surface area contributed by atoms with Gasteiger partial charge in [0.05, 0.1) is 0 Å². The van der Waals surface area contributed by atoms with E-state index >= 15 is 0 Å². The fraction of sp³-hybridized carbons (Fsp3) is 0.267. The molecule has 1 aromatic carbocycles. The molecule has 0 atom stereocenters. The maximum Gasteiger partial charge on any atom is 0.313 e. The summed E-state index contributed by atoms with van der Waals surface area (Å²) in [5, 5.41) is 0. The highest BCUT2D eigenvalue weighted by atomic mass is 16.5. The summed E-state index contributed by atoms with van der Waals surface area (Å²) in [4.78, 5) is 27.1. The number of nitrogens with two attached hydrogens (primary N) is 1. The second-order valence-electron chi connectivity index (χ2n) is 5.07. The summed E-state index contributed by atoms with van der Waals surface area (Å²) in [7, 11) is 0. The van der Waals surface area contributed by atoms with Crippen molar-refractivity contribution < 1.29 is 9.53 Å². The molecule has 0 unspecified atom stereocenters. The minimum atomic E-state index is -0.515. The van der Waals surface area contributed by atoms with E-state index in [1.165, 1.54) is 18.3 Å². The first kappa shape index (κ1) is 14.8. The van der Waals surface area contributed by atoms with Crippen LogP contribution in [0, 0.1) is 5.92 Å². The number of hydrogen-bond donors (Lipinski definition) is 1. The Kier molecular flexibility index (Phi) is 4.37. The van der Waals surface area contributed by atoms with Gasteiger partial charge in [-0.25, -0.2) is 4.98 Å². The van der Waals surface area contributed by atoms with Gasteiger partial charge in [0.15, 0.2) is 0 Å². The van der Waals surface area contributed by atoms with Crippen molar-refractivity contribution in [2.24, 2.45) is 11.7 Å². The molecule has 2 rings (SSSR count). The van der Waals surface area contributed by atoms with Crippen LogP contribution in [-0.4, -0.2) is 15.5 Å². The van der Waals surface area contributed by atoms with Gasteiger partial charge >= 0.3 is 5.56 Å². The fourth-order valence-corrected chi connectivity index (χ4v) is 1.83. The van der Waals surface area contributed by atoms with Crippen molar-refractivity contribution in [3.8, 4) is 11.6 Å². The van der Waals surface area contributed by atoms with Gasteiger partial charge in [0.25, 0.3) is 5.88 Å². The van der Waals surface area contributed by atoms with Crippen LogP contribution < -0.4 is 16.0 Å². The Labute approximate surface area is 122 Å². The Bertz CT molecular complexity index is 690. The molecule has 0 radical (unpaired) electrons. The lowest BCUT2D eigenvalue weighted by Gasteiger charge is -2.10. The van der Waals surface area contributed by atoms with E-state index in [1.807, 2.05) is 13.8 Å². The molecule has 0 spiro atoms. The van der Waals surface area contributed by atoms with Crippen molar-refractivity contribution in [2.75, 3.05) is 0 Å². The summed E-state index contributed by atoms with van der Waals surface area (Å²) in [6.45, 7) is 4.64. The molecule has 2 N–H and O–H groups in total. The first-order valence-electron chi connectivity index (χ1n) is 6.60. The molecule has 0 saturated carbocycles. The lowest BCUT2D eigenvalue weighted by atomic mass is 10.2. The summed E-state index contributed by atoms with van der Waals surface area (Å²) in [5.74, 6) is 0.253. The van der Waals surface area contributed by atoms with E-state index in [0.717, 1.165) is 0 Å². The van der Waals surface area contributed by atoms with Gasteiger partial charge in [-0.2, -0.15) is 0 Å². The third kappa shape index (κ3) is 3.68. The summed E-state index contributed by atoms with van der Waals surface area (Å²) < 4.78 is 7.03. The molecule has 0 aliphatic carbocycles. The molecule has 0 fully saturated rings. The zero-order chi connectivity index (χ0) is 15.4. The molecular weight excluding hydrogens is 270 g/mol. The minimum Gasteiger partial charge on any atom is -0.435 e. The van der Waals surface area contributed by atoms with Gasteiger partial charge in [-0.15, -0.1) is 0 Å². The topological polar surface area (TPSA) is 87.2 Å². The first-order valence-corrected chi connectivity index (χ1v) is 6.60. The summed E-state index contributed by atoms with van der Waals surface area (Å²) in [6.07, 6.45) is 3.16. The van der Waals surface area contributed by atoms with E-state index in [-0.39, 0.29) is 11.4 Å². The molecule has 1 amide bonds. The van der Waals surface area contributed by atoms with Gasteiger partial charge in [-0.3, -0.25) is 9.59 Å². The van der Waals surface area contributed by atoms with Crippen molar-refractivity contribution >= 4 is 5.91 Å². The second-order valence-corrected chi connectivity index (χ2v) is 5.07. The van der Waals surface area contributed by atoms with Gasteiger partial charge in [-0.1, -0.05) is 13.8 Å². The van der Waals surface area contributed by atoms with E-state index in [4.69, 9.17) is 10.5 Å². The highest BCUT2D eigenvalue weighted by molar-refractivity contribution is 5.92. The number of carbonyl (C=O) groups excluding carboxylic acids is 1. The summed E-state index contributed by atoms with van der Waals surface area (Å²) in [6, 6.07) is 6.21. The number of amides is 1. The maximum absolute atomic E-state index is 12.2. The van der Waals surface area contributed by atoms with E-state index in [9.17, 15) is 9.59 Å². The Balaban J connectivity index is 2.23. The van der Waals surface area contributed by atoms with E-state index in [2.05, 4.69) is 4.98 Å². The Hall–Kier alpha value is -2.63. The van der Waals surface area contributed by atoms with Gasteiger partial charge in [0, 0.05) is 24.5 Å². The minimum absolute atomic E-state index is 0.00461. The van der Waals surface area contributed by atoms with Gasteiger partial charge < -0.3 is 15.0 Å². The van der Waals surface area contributed by atoms with Crippen molar-refractivity contribution in [3.63, 3.8) is 0 Å². The lowest BCUT2D eigenvalue weighted by Crippen LogP contribution is -2.23. The fourth-order valence-electron chi connectivity index (χ4n) is 1.83. The molecule has 6 nitrogen and oxygen atoms in total. The average Bonchev–Trinajstić information content (AvgIpc) is 2.43. The maximum atomic E-state index is 12.2. The van der Waals surface area contributed by atoms with Crippen molar-refractivity contribution in [2.45, 2.75) is 20.4 Å². The molecule has 2 aromatic rings. The van der Waals surface area contributed by atoms with Crippen LogP contribution >= 0.6 is 0 Å². The molecule has 21 heavy (non-hydrogen) atoms.